The Morgan fingerprint density at radius 3 is 2.76 bits per heavy atom. The van der Waals surface area contributed by atoms with Gasteiger partial charge in [-0.25, -0.2) is 4.39 Å². The maximum Gasteiger partial charge on any atom is 0.165 e. The molecule has 0 aliphatic heterocycles. The quantitative estimate of drug-likeness (QED) is 0.913. The Bertz CT molecular complexity index is 664. The van der Waals surface area contributed by atoms with Crippen molar-refractivity contribution in [3.05, 3.63) is 65.0 Å². The van der Waals surface area contributed by atoms with Gasteiger partial charge in [-0.05, 0) is 42.3 Å². The lowest BCUT2D eigenvalue weighted by Gasteiger charge is -2.15. The summed E-state index contributed by atoms with van der Waals surface area (Å²) in [5.74, 6) is -0.122. The largest absolute Gasteiger partial charge is 0.494 e. The van der Waals surface area contributed by atoms with E-state index in [0.717, 1.165) is 11.1 Å². The van der Waals surface area contributed by atoms with Crippen molar-refractivity contribution in [3.63, 3.8) is 0 Å². The first kappa shape index (κ1) is 15.0. The van der Waals surface area contributed by atoms with E-state index in [1.54, 1.807) is 12.1 Å². The maximum absolute atomic E-state index is 13.7. The molecule has 1 unspecified atom stereocenters. The third-order valence-electron chi connectivity index (χ3n) is 3.34. The Kier molecular flexibility index (Phi) is 4.91. The number of ether oxygens (including phenoxy) is 1. The molecule has 4 heteroatoms. The van der Waals surface area contributed by atoms with Crippen LogP contribution in [-0.4, -0.2) is 7.11 Å². The van der Waals surface area contributed by atoms with Gasteiger partial charge in [0.25, 0.3) is 0 Å². The predicted octanol–water partition coefficient (Wildman–Crippen LogP) is 3.56. The zero-order valence-electron chi connectivity index (χ0n) is 12.1. The van der Waals surface area contributed by atoms with Crippen molar-refractivity contribution in [1.29, 1.82) is 5.26 Å². The molecular formula is C17H17FN2O. The number of nitriles is 1. The second kappa shape index (κ2) is 6.87. The van der Waals surface area contributed by atoms with Crippen molar-refractivity contribution in [2.75, 3.05) is 7.11 Å². The third-order valence-corrected chi connectivity index (χ3v) is 3.34. The fraction of sp³-hybridized carbons (Fsp3) is 0.235. The summed E-state index contributed by atoms with van der Waals surface area (Å²) < 4.78 is 18.6. The minimum absolute atomic E-state index is 0.00357. The van der Waals surface area contributed by atoms with E-state index < -0.39 is 0 Å². The normalized spacial score (nSPS) is 11.7. The highest BCUT2D eigenvalue weighted by Crippen LogP contribution is 2.22. The van der Waals surface area contributed by atoms with Crippen LogP contribution >= 0.6 is 0 Å². The number of rotatable bonds is 5. The lowest BCUT2D eigenvalue weighted by molar-refractivity contribution is 0.385. The third kappa shape index (κ3) is 3.80. The second-order valence-electron chi connectivity index (χ2n) is 4.81. The van der Waals surface area contributed by atoms with Crippen LogP contribution in [0.15, 0.2) is 42.5 Å². The number of hydrogen-bond acceptors (Lipinski definition) is 3. The zero-order chi connectivity index (χ0) is 15.2. The first-order valence-corrected chi connectivity index (χ1v) is 6.70. The van der Waals surface area contributed by atoms with Crippen LogP contribution in [0, 0.1) is 17.1 Å². The number of methoxy groups -OCH3 is 1. The summed E-state index contributed by atoms with van der Waals surface area (Å²) in [5, 5.41) is 12.2. The smallest absolute Gasteiger partial charge is 0.165 e. The van der Waals surface area contributed by atoms with Crippen LogP contribution in [-0.2, 0) is 6.54 Å². The van der Waals surface area contributed by atoms with Crippen LogP contribution < -0.4 is 10.1 Å². The van der Waals surface area contributed by atoms with Crippen molar-refractivity contribution in [2.45, 2.75) is 19.5 Å². The highest BCUT2D eigenvalue weighted by molar-refractivity contribution is 5.33. The minimum atomic E-state index is -0.366. The van der Waals surface area contributed by atoms with Crippen molar-refractivity contribution >= 4 is 0 Å². The average molecular weight is 284 g/mol. The van der Waals surface area contributed by atoms with Gasteiger partial charge in [0, 0.05) is 12.6 Å². The van der Waals surface area contributed by atoms with Gasteiger partial charge < -0.3 is 10.1 Å². The van der Waals surface area contributed by atoms with E-state index in [-0.39, 0.29) is 17.6 Å². The molecule has 2 rings (SSSR count). The van der Waals surface area contributed by atoms with E-state index in [4.69, 9.17) is 10.00 Å². The Balaban J connectivity index is 2.03. The van der Waals surface area contributed by atoms with Crippen molar-refractivity contribution < 1.29 is 9.13 Å². The van der Waals surface area contributed by atoms with E-state index >= 15 is 0 Å². The summed E-state index contributed by atoms with van der Waals surface area (Å²) in [4.78, 5) is 0. The molecule has 21 heavy (non-hydrogen) atoms. The second-order valence-corrected chi connectivity index (χ2v) is 4.81. The molecule has 0 saturated carbocycles. The van der Waals surface area contributed by atoms with Gasteiger partial charge in [0.2, 0.25) is 0 Å². The standard InChI is InChI=1S/C17H17FN2O/c1-12(15-6-7-17(21-2)16(18)9-15)20-11-14-5-3-4-13(8-14)10-19/h3-9,12,20H,11H2,1-2H3. The number of nitrogens with zero attached hydrogens (tertiary/aromatic N) is 1. The van der Waals surface area contributed by atoms with Crippen LogP contribution in [0.1, 0.15) is 29.7 Å². The van der Waals surface area contributed by atoms with Crippen molar-refractivity contribution in [3.8, 4) is 11.8 Å². The minimum Gasteiger partial charge on any atom is -0.494 e. The summed E-state index contributed by atoms with van der Waals surface area (Å²) >= 11 is 0. The first-order valence-electron chi connectivity index (χ1n) is 6.70. The van der Waals surface area contributed by atoms with E-state index in [1.165, 1.54) is 13.2 Å². The maximum atomic E-state index is 13.7. The topological polar surface area (TPSA) is 45.0 Å². The lowest BCUT2D eigenvalue weighted by atomic mass is 10.1. The van der Waals surface area contributed by atoms with E-state index in [1.807, 2.05) is 31.2 Å². The summed E-state index contributed by atoms with van der Waals surface area (Å²) in [7, 11) is 1.45. The van der Waals surface area contributed by atoms with Crippen LogP contribution in [0.2, 0.25) is 0 Å². The van der Waals surface area contributed by atoms with Crippen molar-refractivity contribution in [2.24, 2.45) is 0 Å². The van der Waals surface area contributed by atoms with Gasteiger partial charge in [0.1, 0.15) is 0 Å². The van der Waals surface area contributed by atoms with Gasteiger partial charge in [-0.15, -0.1) is 0 Å². The lowest BCUT2D eigenvalue weighted by Crippen LogP contribution is -2.18. The van der Waals surface area contributed by atoms with E-state index in [0.29, 0.717) is 12.1 Å². The molecule has 0 amide bonds. The summed E-state index contributed by atoms with van der Waals surface area (Å²) in [6.07, 6.45) is 0. The molecule has 0 saturated heterocycles. The molecule has 1 N–H and O–H groups in total. The van der Waals surface area contributed by atoms with E-state index in [2.05, 4.69) is 11.4 Å². The predicted molar refractivity (Wildman–Crippen MR) is 79.4 cm³/mol. The molecule has 0 aliphatic rings. The molecule has 0 bridgehead atoms. The molecular weight excluding hydrogens is 267 g/mol. The van der Waals surface area contributed by atoms with Crippen LogP contribution in [0.3, 0.4) is 0 Å². The molecule has 3 nitrogen and oxygen atoms in total. The fourth-order valence-electron chi connectivity index (χ4n) is 2.09. The molecule has 0 heterocycles. The van der Waals surface area contributed by atoms with Gasteiger partial charge in [0.15, 0.2) is 11.6 Å². The Morgan fingerprint density at radius 2 is 2.10 bits per heavy atom. The molecule has 108 valence electrons. The number of hydrogen-bond donors (Lipinski definition) is 1. The Morgan fingerprint density at radius 1 is 1.29 bits per heavy atom. The SMILES string of the molecule is COc1ccc(C(C)NCc2cccc(C#N)c2)cc1F. The van der Waals surface area contributed by atoms with Gasteiger partial charge in [0.05, 0.1) is 18.7 Å². The number of halogens is 1. The first-order chi connectivity index (χ1) is 10.1. The fourth-order valence-corrected chi connectivity index (χ4v) is 2.09. The Labute approximate surface area is 124 Å². The molecule has 0 spiro atoms. The highest BCUT2D eigenvalue weighted by atomic mass is 19.1. The molecule has 2 aromatic carbocycles. The summed E-state index contributed by atoms with van der Waals surface area (Å²) in [6, 6.07) is 14.5. The van der Waals surface area contributed by atoms with Crippen LogP contribution in [0.4, 0.5) is 4.39 Å². The van der Waals surface area contributed by atoms with E-state index in [9.17, 15) is 4.39 Å². The molecule has 1 atom stereocenters. The molecule has 0 aliphatic carbocycles. The zero-order valence-corrected chi connectivity index (χ0v) is 12.1. The molecule has 2 aromatic rings. The molecule has 0 radical (unpaired) electrons. The van der Waals surface area contributed by atoms with Gasteiger partial charge >= 0.3 is 0 Å². The van der Waals surface area contributed by atoms with Gasteiger partial charge in [-0.3, -0.25) is 0 Å². The summed E-state index contributed by atoms with van der Waals surface area (Å²) in [6.45, 7) is 2.58. The van der Waals surface area contributed by atoms with Gasteiger partial charge in [-0.1, -0.05) is 18.2 Å². The molecule has 0 fully saturated rings. The summed E-state index contributed by atoms with van der Waals surface area (Å²) in [5.41, 5.74) is 2.51. The average Bonchev–Trinajstić information content (AvgIpc) is 2.52. The van der Waals surface area contributed by atoms with Crippen LogP contribution in [0.25, 0.3) is 0 Å². The number of benzene rings is 2. The van der Waals surface area contributed by atoms with Crippen molar-refractivity contribution in [1.82, 2.24) is 5.32 Å². The molecule has 0 aromatic heterocycles. The van der Waals surface area contributed by atoms with Crippen LogP contribution in [0.5, 0.6) is 5.75 Å². The van der Waals surface area contributed by atoms with Gasteiger partial charge in [-0.2, -0.15) is 5.26 Å². The monoisotopic (exact) mass is 284 g/mol. The number of nitrogens with one attached hydrogen (secondary N) is 1. The highest BCUT2D eigenvalue weighted by Gasteiger charge is 2.09. The Hall–Kier alpha value is -2.38.